The Labute approximate surface area is 71.5 Å². The summed E-state index contributed by atoms with van der Waals surface area (Å²) in [5.74, 6) is 1.35. The van der Waals surface area contributed by atoms with E-state index in [4.69, 9.17) is 16.1 Å². The Morgan fingerprint density at radius 1 is 1.55 bits per heavy atom. The maximum absolute atomic E-state index is 5.68. The Morgan fingerprint density at radius 3 is 2.55 bits per heavy atom. The first kappa shape index (κ1) is 8.60. The molecule has 0 aliphatic rings. The largest absolute Gasteiger partial charge is 0.361 e. The highest BCUT2D eigenvalue weighted by Gasteiger charge is 2.22. The Morgan fingerprint density at radius 2 is 2.18 bits per heavy atom. The van der Waals surface area contributed by atoms with E-state index in [1.54, 1.807) is 6.20 Å². The fourth-order valence-electron chi connectivity index (χ4n) is 0.974. The van der Waals surface area contributed by atoms with Gasteiger partial charge in [-0.2, -0.15) is 0 Å². The van der Waals surface area contributed by atoms with Gasteiger partial charge in [0.2, 0.25) is 0 Å². The minimum Gasteiger partial charge on any atom is -0.361 e. The standard InChI is InChI=1S/C8H12ClNO/c1-8(2,3)7-6(4-9)5-10-11-7/h5H,4H2,1-3H3. The van der Waals surface area contributed by atoms with Gasteiger partial charge in [-0.25, -0.2) is 0 Å². The zero-order valence-corrected chi connectivity index (χ0v) is 7.77. The lowest BCUT2D eigenvalue weighted by Crippen LogP contribution is -2.11. The maximum Gasteiger partial charge on any atom is 0.146 e. The molecule has 0 amide bonds. The Hall–Kier alpha value is -0.500. The fraction of sp³-hybridized carbons (Fsp3) is 0.625. The van der Waals surface area contributed by atoms with Gasteiger partial charge in [0.1, 0.15) is 5.76 Å². The quantitative estimate of drug-likeness (QED) is 0.611. The summed E-state index contributed by atoms with van der Waals surface area (Å²) in [6.07, 6.45) is 1.67. The van der Waals surface area contributed by atoms with E-state index in [-0.39, 0.29) is 5.41 Å². The molecule has 0 spiro atoms. The number of hydrogen-bond donors (Lipinski definition) is 0. The van der Waals surface area contributed by atoms with Crippen LogP contribution in [0.1, 0.15) is 32.1 Å². The molecule has 3 heteroatoms. The summed E-state index contributed by atoms with van der Waals surface area (Å²) in [6, 6.07) is 0. The van der Waals surface area contributed by atoms with Crippen molar-refractivity contribution in [3.05, 3.63) is 17.5 Å². The van der Waals surface area contributed by atoms with Crippen molar-refractivity contribution in [2.75, 3.05) is 0 Å². The van der Waals surface area contributed by atoms with Crippen LogP contribution in [0.4, 0.5) is 0 Å². The smallest absolute Gasteiger partial charge is 0.146 e. The molecule has 0 atom stereocenters. The highest BCUT2D eigenvalue weighted by molar-refractivity contribution is 6.17. The molecule has 0 saturated heterocycles. The van der Waals surface area contributed by atoms with Gasteiger partial charge in [0.15, 0.2) is 0 Å². The van der Waals surface area contributed by atoms with E-state index in [0.29, 0.717) is 5.88 Å². The average molecular weight is 174 g/mol. The van der Waals surface area contributed by atoms with Crippen LogP contribution in [0.3, 0.4) is 0 Å². The summed E-state index contributed by atoms with van der Waals surface area (Å²) < 4.78 is 5.09. The number of hydrogen-bond acceptors (Lipinski definition) is 2. The third-order valence-electron chi connectivity index (χ3n) is 1.47. The molecule has 0 radical (unpaired) electrons. The molecule has 0 unspecified atom stereocenters. The number of rotatable bonds is 1. The molecule has 1 heterocycles. The molecular formula is C8H12ClNO. The Kier molecular flexibility index (Phi) is 2.23. The molecule has 1 aromatic rings. The lowest BCUT2D eigenvalue weighted by molar-refractivity contribution is 0.327. The maximum atomic E-state index is 5.68. The van der Waals surface area contributed by atoms with Crippen LogP contribution in [0.25, 0.3) is 0 Å². The van der Waals surface area contributed by atoms with E-state index in [9.17, 15) is 0 Å². The SMILES string of the molecule is CC(C)(C)c1oncc1CCl. The van der Waals surface area contributed by atoms with Crippen LogP contribution in [0.5, 0.6) is 0 Å². The normalized spacial score (nSPS) is 12.0. The lowest BCUT2D eigenvalue weighted by Gasteiger charge is -2.14. The van der Waals surface area contributed by atoms with Crippen molar-refractivity contribution in [2.24, 2.45) is 0 Å². The van der Waals surface area contributed by atoms with Gasteiger partial charge in [0, 0.05) is 11.0 Å². The molecule has 0 aromatic carbocycles. The molecule has 11 heavy (non-hydrogen) atoms. The Bertz CT molecular complexity index is 236. The van der Waals surface area contributed by atoms with Crippen LogP contribution in [0, 0.1) is 0 Å². The second kappa shape index (κ2) is 2.86. The molecule has 0 aliphatic carbocycles. The number of nitrogens with zero attached hydrogens (tertiary/aromatic N) is 1. The van der Waals surface area contributed by atoms with Crippen molar-refractivity contribution < 1.29 is 4.52 Å². The highest BCUT2D eigenvalue weighted by atomic mass is 35.5. The van der Waals surface area contributed by atoms with E-state index in [1.807, 2.05) is 0 Å². The average Bonchev–Trinajstić information content (AvgIpc) is 2.31. The lowest BCUT2D eigenvalue weighted by atomic mass is 9.91. The van der Waals surface area contributed by atoms with Crippen LogP contribution in [0.15, 0.2) is 10.7 Å². The summed E-state index contributed by atoms with van der Waals surface area (Å²) in [7, 11) is 0. The minimum absolute atomic E-state index is 0.000718. The van der Waals surface area contributed by atoms with Crippen molar-refractivity contribution in [1.29, 1.82) is 0 Å². The van der Waals surface area contributed by atoms with Gasteiger partial charge in [-0.3, -0.25) is 0 Å². The van der Waals surface area contributed by atoms with Gasteiger partial charge in [0.25, 0.3) is 0 Å². The first-order valence-electron chi connectivity index (χ1n) is 3.55. The third-order valence-corrected chi connectivity index (χ3v) is 1.76. The van der Waals surface area contributed by atoms with Crippen LogP contribution in [0.2, 0.25) is 0 Å². The summed E-state index contributed by atoms with van der Waals surface area (Å²) in [4.78, 5) is 0. The molecule has 0 fully saturated rings. The van der Waals surface area contributed by atoms with Gasteiger partial charge in [-0.1, -0.05) is 25.9 Å². The molecule has 0 N–H and O–H groups in total. The molecule has 0 aliphatic heterocycles. The van der Waals surface area contributed by atoms with E-state index in [1.165, 1.54) is 0 Å². The van der Waals surface area contributed by atoms with Gasteiger partial charge in [-0.15, -0.1) is 11.6 Å². The van der Waals surface area contributed by atoms with E-state index in [2.05, 4.69) is 25.9 Å². The van der Waals surface area contributed by atoms with Gasteiger partial charge in [-0.05, 0) is 0 Å². The zero-order chi connectivity index (χ0) is 8.48. The van der Waals surface area contributed by atoms with Crippen LogP contribution in [-0.2, 0) is 11.3 Å². The summed E-state index contributed by atoms with van der Waals surface area (Å²) >= 11 is 5.68. The molecule has 2 nitrogen and oxygen atoms in total. The summed E-state index contributed by atoms with van der Waals surface area (Å²) in [6.45, 7) is 6.22. The van der Waals surface area contributed by atoms with Crippen LogP contribution in [-0.4, -0.2) is 5.16 Å². The molecule has 1 rings (SSSR count). The zero-order valence-electron chi connectivity index (χ0n) is 7.02. The van der Waals surface area contributed by atoms with Gasteiger partial charge >= 0.3 is 0 Å². The predicted molar refractivity (Wildman–Crippen MR) is 44.8 cm³/mol. The van der Waals surface area contributed by atoms with Crippen molar-refractivity contribution in [3.8, 4) is 0 Å². The fourth-order valence-corrected chi connectivity index (χ4v) is 1.16. The number of aromatic nitrogens is 1. The number of halogens is 1. The molecule has 0 bridgehead atoms. The van der Waals surface area contributed by atoms with Crippen molar-refractivity contribution >= 4 is 11.6 Å². The minimum atomic E-state index is 0.000718. The van der Waals surface area contributed by atoms with Crippen LogP contribution < -0.4 is 0 Å². The topological polar surface area (TPSA) is 26.0 Å². The van der Waals surface area contributed by atoms with Crippen molar-refractivity contribution in [2.45, 2.75) is 32.1 Å². The van der Waals surface area contributed by atoms with Gasteiger partial charge in [0.05, 0.1) is 12.1 Å². The predicted octanol–water partition coefficient (Wildman–Crippen LogP) is 2.71. The molecule has 1 aromatic heterocycles. The first-order chi connectivity index (χ1) is 5.05. The third kappa shape index (κ3) is 1.74. The van der Waals surface area contributed by atoms with Crippen molar-refractivity contribution in [3.63, 3.8) is 0 Å². The number of alkyl halides is 1. The highest BCUT2D eigenvalue weighted by Crippen LogP contribution is 2.26. The molecular weight excluding hydrogens is 162 g/mol. The summed E-state index contributed by atoms with van der Waals surface area (Å²) in [5.41, 5.74) is 0.986. The summed E-state index contributed by atoms with van der Waals surface area (Å²) in [5, 5.41) is 3.70. The second-order valence-corrected chi connectivity index (χ2v) is 3.83. The van der Waals surface area contributed by atoms with Crippen molar-refractivity contribution in [1.82, 2.24) is 5.16 Å². The second-order valence-electron chi connectivity index (χ2n) is 3.56. The first-order valence-corrected chi connectivity index (χ1v) is 4.09. The van der Waals surface area contributed by atoms with E-state index >= 15 is 0 Å². The van der Waals surface area contributed by atoms with Crippen LogP contribution >= 0.6 is 11.6 Å². The Balaban J connectivity index is 3.02. The van der Waals surface area contributed by atoms with E-state index in [0.717, 1.165) is 11.3 Å². The van der Waals surface area contributed by atoms with E-state index < -0.39 is 0 Å². The molecule has 62 valence electrons. The van der Waals surface area contributed by atoms with Gasteiger partial charge < -0.3 is 4.52 Å². The monoisotopic (exact) mass is 173 g/mol. The molecule has 0 saturated carbocycles.